The van der Waals surface area contributed by atoms with Crippen LogP contribution in [0.4, 0.5) is 0 Å². The van der Waals surface area contributed by atoms with Crippen molar-refractivity contribution in [2.24, 2.45) is 11.3 Å². The lowest BCUT2D eigenvalue weighted by Crippen LogP contribution is -2.37. The van der Waals surface area contributed by atoms with Gasteiger partial charge in [0.2, 0.25) is 0 Å². The van der Waals surface area contributed by atoms with E-state index in [1.807, 2.05) is 6.07 Å². The standard InChI is InChI=1S/C17H19Cl/c1-11-10-13-15(16(2,3)4)14(11)17(13,18)12-8-6-5-7-9-12/h5-11H,1-4H3. The van der Waals surface area contributed by atoms with Crippen molar-refractivity contribution >= 4 is 11.6 Å². The SMILES string of the molecule is CC1C=C2C(C(C)(C)C)=C1C2(Cl)c1ccccc1. The molecule has 0 aromatic heterocycles. The van der Waals surface area contributed by atoms with E-state index in [-0.39, 0.29) is 10.3 Å². The van der Waals surface area contributed by atoms with Crippen molar-refractivity contribution in [1.29, 1.82) is 0 Å². The minimum Gasteiger partial charge on any atom is -0.104 e. The van der Waals surface area contributed by atoms with Crippen molar-refractivity contribution < 1.29 is 0 Å². The Morgan fingerprint density at radius 2 is 1.72 bits per heavy atom. The molecule has 1 heteroatoms. The molecule has 0 nitrogen and oxygen atoms in total. The van der Waals surface area contributed by atoms with E-state index in [0.717, 1.165) is 0 Å². The van der Waals surface area contributed by atoms with Crippen LogP contribution in [-0.4, -0.2) is 0 Å². The van der Waals surface area contributed by atoms with Gasteiger partial charge in [0.15, 0.2) is 0 Å². The van der Waals surface area contributed by atoms with E-state index in [1.54, 1.807) is 0 Å². The van der Waals surface area contributed by atoms with Gasteiger partial charge in [-0.1, -0.05) is 64.1 Å². The summed E-state index contributed by atoms with van der Waals surface area (Å²) in [5.41, 5.74) is 5.64. The quantitative estimate of drug-likeness (QED) is 0.618. The summed E-state index contributed by atoms with van der Waals surface area (Å²) in [7, 11) is 0. The van der Waals surface area contributed by atoms with Gasteiger partial charge in [0.25, 0.3) is 0 Å². The van der Waals surface area contributed by atoms with E-state index in [0.29, 0.717) is 5.92 Å². The predicted molar refractivity (Wildman–Crippen MR) is 77.7 cm³/mol. The highest BCUT2D eigenvalue weighted by Crippen LogP contribution is 2.67. The smallest absolute Gasteiger partial charge is 0.104 e. The van der Waals surface area contributed by atoms with Crippen molar-refractivity contribution in [2.45, 2.75) is 32.6 Å². The van der Waals surface area contributed by atoms with Gasteiger partial charge >= 0.3 is 0 Å². The second-order valence-corrected chi connectivity index (χ2v) is 7.00. The molecule has 3 aliphatic carbocycles. The summed E-state index contributed by atoms with van der Waals surface area (Å²) >= 11 is 6.97. The highest BCUT2D eigenvalue weighted by atomic mass is 35.5. The molecule has 2 unspecified atom stereocenters. The molecule has 0 radical (unpaired) electrons. The van der Waals surface area contributed by atoms with E-state index in [9.17, 15) is 0 Å². The molecule has 18 heavy (non-hydrogen) atoms. The summed E-state index contributed by atoms with van der Waals surface area (Å²) in [6.45, 7) is 9.07. The Morgan fingerprint density at radius 1 is 1.11 bits per heavy atom. The second kappa shape index (κ2) is 3.51. The molecule has 0 N–H and O–H groups in total. The maximum atomic E-state index is 6.97. The number of benzene rings is 1. The van der Waals surface area contributed by atoms with E-state index in [1.165, 1.54) is 22.3 Å². The average Bonchev–Trinajstić information content (AvgIpc) is 2.79. The number of fused-ring (bicyclic) bond motifs is 1. The van der Waals surface area contributed by atoms with Gasteiger partial charge in [0.05, 0.1) is 0 Å². The zero-order valence-corrected chi connectivity index (χ0v) is 12.2. The molecule has 0 heterocycles. The van der Waals surface area contributed by atoms with Gasteiger partial charge in [-0.3, -0.25) is 0 Å². The third kappa shape index (κ3) is 1.33. The minimum atomic E-state index is -0.344. The highest BCUT2D eigenvalue weighted by Gasteiger charge is 2.57. The third-order valence-corrected chi connectivity index (χ3v) is 4.70. The van der Waals surface area contributed by atoms with Crippen LogP contribution >= 0.6 is 11.6 Å². The summed E-state index contributed by atoms with van der Waals surface area (Å²) in [6.07, 6.45) is 2.34. The fourth-order valence-electron chi connectivity index (χ4n) is 3.43. The molecule has 0 saturated carbocycles. The molecule has 1 aromatic carbocycles. The summed E-state index contributed by atoms with van der Waals surface area (Å²) < 4.78 is 0. The molecule has 0 aliphatic heterocycles. The Kier molecular flexibility index (Phi) is 2.35. The number of halogens is 1. The van der Waals surface area contributed by atoms with Gasteiger partial charge in [-0.2, -0.15) is 0 Å². The van der Waals surface area contributed by atoms with Gasteiger partial charge < -0.3 is 0 Å². The lowest BCUT2D eigenvalue weighted by molar-refractivity contribution is 0.465. The van der Waals surface area contributed by atoms with E-state index >= 15 is 0 Å². The summed E-state index contributed by atoms with van der Waals surface area (Å²) in [4.78, 5) is -0.344. The molecule has 3 aliphatic rings. The third-order valence-electron chi connectivity index (χ3n) is 4.07. The Hall–Kier alpha value is -1.01. The van der Waals surface area contributed by atoms with Crippen molar-refractivity contribution in [3.63, 3.8) is 0 Å². The summed E-state index contributed by atoms with van der Waals surface area (Å²) in [6, 6.07) is 10.5. The molecular formula is C17H19Cl. The maximum absolute atomic E-state index is 6.97. The van der Waals surface area contributed by atoms with Crippen molar-refractivity contribution in [3.8, 4) is 0 Å². The number of rotatable bonds is 1. The largest absolute Gasteiger partial charge is 0.117 e. The van der Waals surface area contributed by atoms with Crippen LogP contribution in [0.25, 0.3) is 0 Å². The Balaban J connectivity index is 2.16. The molecule has 94 valence electrons. The number of hydrogen-bond acceptors (Lipinski definition) is 0. The first-order chi connectivity index (χ1) is 8.37. The zero-order valence-electron chi connectivity index (χ0n) is 11.4. The minimum absolute atomic E-state index is 0.194. The van der Waals surface area contributed by atoms with Crippen molar-refractivity contribution in [1.82, 2.24) is 0 Å². The van der Waals surface area contributed by atoms with E-state index < -0.39 is 0 Å². The van der Waals surface area contributed by atoms with E-state index in [2.05, 4.69) is 58.0 Å². The molecule has 0 fully saturated rings. The maximum Gasteiger partial charge on any atom is 0.117 e. The Labute approximate surface area is 114 Å². The van der Waals surface area contributed by atoms with Crippen LogP contribution in [0.1, 0.15) is 33.3 Å². The normalized spacial score (nSPS) is 30.3. The van der Waals surface area contributed by atoms with Crippen molar-refractivity contribution in [3.05, 3.63) is 58.7 Å². The lowest BCUT2D eigenvalue weighted by atomic mass is 9.63. The van der Waals surface area contributed by atoms with Gasteiger partial charge in [-0.25, -0.2) is 0 Å². The van der Waals surface area contributed by atoms with Gasteiger partial charge in [0, 0.05) is 0 Å². The summed E-state index contributed by atoms with van der Waals surface area (Å²) in [5.74, 6) is 0.479. The van der Waals surface area contributed by atoms with Crippen molar-refractivity contribution in [2.75, 3.05) is 0 Å². The fraction of sp³-hybridized carbons (Fsp3) is 0.412. The zero-order chi connectivity index (χ0) is 13.1. The monoisotopic (exact) mass is 258 g/mol. The molecular weight excluding hydrogens is 240 g/mol. The lowest BCUT2D eigenvalue weighted by Gasteiger charge is -2.46. The van der Waals surface area contributed by atoms with Crippen LogP contribution < -0.4 is 0 Å². The van der Waals surface area contributed by atoms with Gasteiger partial charge in [-0.05, 0) is 33.6 Å². The molecule has 2 bridgehead atoms. The molecule has 2 atom stereocenters. The van der Waals surface area contributed by atoms with E-state index in [4.69, 9.17) is 11.6 Å². The predicted octanol–water partition coefficient (Wildman–Crippen LogP) is 5.05. The van der Waals surface area contributed by atoms with Crippen LogP contribution in [0.2, 0.25) is 0 Å². The van der Waals surface area contributed by atoms with Crippen LogP contribution in [-0.2, 0) is 4.87 Å². The summed E-state index contributed by atoms with van der Waals surface area (Å²) in [5, 5.41) is 0. The second-order valence-electron chi connectivity index (χ2n) is 6.43. The fourth-order valence-corrected chi connectivity index (χ4v) is 3.98. The molecule has 0 spiro atoms. The average molecular weight is 259 g/mol. The first-order valence-electron chi connectivity index (χ1n) is 6.59. The Bertz CT molecular complexity index is 557. The number of hydrogen-bond donors (Lipinski definition) is 0. The molecule has 4 rings (SSSR count). The van der Waals surface area contributed by atoms with Crippen LogP contribution in [0.15, 0.2) is 53.1 Å². The Morgan fingerprint density at radius 3 is 2.17 bits per heavy atom. The first-order valence-corrected chi connectivity index (χ1v) is 6.97. The number of allylic oxidation sites excluding steroid dienone is 4. The van der Waals surface area contributed by atoms with Crippen LogP contribution in [0.5, 0.6) is 0 Å². The highest BCUT2D eigenvalue weighted by molar-refractivity contribution is 6.31. The molecule has 0 saturated heterocycles. The topological polar surface area (TPSA) is 0 Å². The van der Waals surface area contributed by atoms with Crippen LogP contribution in [0, 0.1) is 11.3 Å². The molecule has 1 aromatic rings. The number of alkyl halides is 1. The first kappa shape index (κ1) is 12.0. The van der Waals surface area contributed by atoms with Gasteiger partial charge in [-0.15, -0.1) is 11.6 Å². The van der Waals surface area contributed by atoms with Crippen LogP contribution in [0.3, 0.4) is 0 Å². The molecule has 0 amide bonds. The van der Waals surface area contributed by atoms with Gasteiger partial charge in [0.1, 0.15) is 4.87 Å².